The standard InChI is InChI=1S/C11H24O2Si/c1-4-14(5-2,6-3)11(12)9-7-8-10-13-11/h12H,4-10H2,1-3H3. The fourth-order valence-corrected chi connectivity index (χ4v) is 7.05. The molecule has 84 valence electrons. The Morgan fingerprint density at radius 2 is 1.71 bits per heavy atom. The van der Waals surface area contributed by atoms with Crippen molar-refractivity contribution in [1.82, 2.24) is 0 Å². The Hall–Kier alpha value is 0.137. The van der Waals surface area contributed by atoms with E-state index in [2.05, 4.69) is 20.8 Å². The van der Waals surface area contributed by atoms with Crippen molar-refractivity contribution in [2.75, 3.05) is 6.61 Å². The van der Waals surface area contributed by atoms with Crippen molar-refractivity contribution < 1.29 is 9.84 Å². The molecule has 0 bridgehead atoms. The first-order valence-electron chi connectivity index (χ1n) is 6.00. The van der Waals surface area contributed by atoms with Gasteiger partial charge in [0.2, 0.25) is 0 Å². The first kappa shape index (κ1) is 12.2. The lowest BCUT2D eigenvalue weighted by molar-refractivity contribution is -0.171. The van der Waals surface area contributed by atoms with Crippen molar-refractivity contribution in [3.05, 3.63) is 0 Å². The molecule has 0 aromatic heterocycles. The maximum Gasteiger partial charge on any atom is 0.148 e. The summed E-state index contributed by atoms with van der Waals surface area (Å²) in [5.74, 6) is 0. The zero-order valence-corrected chi connectivity index (χ0v) is 10.8. The van der Waals surface area contributed by atoms with E-state index in [0.29, 0.717) is 0 Å². The van der Waals surface area contributed by atoms with Crippen LogP contribution in [0, 0.1) is 0 Å². The van der Waals surface area contributed by atoms with E-state index in [1.54, 1.807) is 0 Å². The summed E-state index contributed by atoms with van der Waals surface area (Å²) in [6.45, 7) is 7.41. The molecule has 0 spiro atoms. The molecule has 1 rings (SSSR count). The Balaban J connectivity index is 2.83. The van der Waals surface area contributed by atoms with Crippen molar-refractivity contribution in [3.8, 4) is 0 Å². The Bertz CT molecular complexity index is 164. The van der Waals surface area contributed by atoms with Crippen LogP contribution in [-0.2, 0) is 4.74 Å². The summed E-state index contributed by atoms with van der Waals surface area (Å²) in [6, 6.07) is 3.41. The molecule has 1 saturated heterocycles. The van der Waals surface area contributed by atoms with E-state index in [1.807, 2.05) is 0 Å². The van der Waals surface area contributed by atoms with E-state index in [1.165, 1.54) is 0 Å². The molecule has 0 saturated carbocycles. The van der Waals surface area contributed by atoms with Gasteiger partial charge in [0.05, 0.1) is 0 Å². The molecule has 1 fully saturated rings. The lowest BCUT2D eigenvalue weighted by Gasteiger charge is -2.46. The third-order valence-corrected chi connectivity index (χ3v) is 10.2. The molecule has 0 aliphatic carbocycles. The van der Waals surface area contributed by atoms with Crippen LogP contribution in [0.25, 0.3) is 0 Å². The van der Waals surface area contributed by atoms with Crippen LogP contribution in [0.4, 0.5) is 0 Å². The van der Waals surface area contributed by atoms with E-state index in [4.69, 9.17) is 4.74 Å². The first-order valence-corrected chi connectivity index (χ1v) is 8.62. The van der Waals surface area contributed by atoms with Crippen LogP contribution >= 0.6 is 0 Å². The normalized spacial score (nSPS) is 29.1. The molecule has 3 heteroatoms. The summed E-state index contributed by atoms with van der Waals surface area (Å²) in [5.41, 5.74) is -0.719. The van der Waals surface area contributed by atoms with Gasteiger partial charge in [0, 0.05) is 6.61 Å². The molecule has 0 amide bonds. The zero-order valence-electron chi connectivity index (χ0n) is 9.81. The molecule has 1 aliphatic heterocycles. The number of aliphatic hydroxyl groups is 1. The number of ether oxygens (including phenoxy) is 1. The molecule has 0 aromatic carbocycles. The van der Waals surface area contributed by atoms with E-state index in [-0.39, 0.29) is 0 Å². The van der Waals surface area contributed by atoms with Crippen LogP contribution in [0.2, 0.25) is 18.1 Å². The number of hydrogen-bond donors (Lipinski definition) is 1. The molecule has 2 nitrogen and oxygen atoms in total. The lowest BCUT2D eigenvalue weighted by atomic mass is 10.2. The largest absolute Gasteiger partial charge is 0.369 e. The summed E-state index contributed by atoms with van der Waals surface area (Å²) in [4.78, 5) is 0. The predicted octanol–water partition coefficient (Wildman–Crippen LogP) is 2.92. The summed E-state index contributed by atoms with van der Waals surface area (Å²) in [5, 5.41) is 10.6. The monoisotopic (exact) mass is 216 g/mol. The maximum absolute atomic E-state index is 10.6. The number of rotatable bonds is 4. The molecule has 1 aliphatic rings. The van der Waals surface area contributed by atoms with Gasteiger partial charge in [0.15, 0.2) is 0 Å². The zero-order chi connectivity index (χ0) is 10.7. The van der Waals surface area contributed by atoms with Crippen LogP contribution in [0.5, 0.6) is 0 Å². The predicted molar refractivity (Wildman–Crippen MR) is 61.9 cm³/mol. The topological polar surface area (TPSA) is 29.5 Å². The highest BCUT2D eigenvalue weighted by molar-refractivity contribution is 6.81. The Kier molecular flexibility index (Phi) is 4.16. The third-order valence-electron chi connectivity index (χ3n) is 4.11. The van der Waals surface area contributed by atoms with Crippen LogP contribution < -0.4 is 0 Å². The van der Waals surface area contributed by atoms with E-state index >= 15 is 0 Å². The Labute approximate surface area is 88.7 Å². The van der Waals surface area contributed by atoms with Gasteiger partial charge in [-0.05, 0) is 19.3 Å². The molecule has 14 heavy (non-hydrogen) atoms. The van der Waals surface area contributed by atoms with Gasteiger partial charge < -0.3 is 9.84 Å². The molecule has 1 N–H and O–H groups in total. The summed E-state index contributed by atoms with van der Waals surface area (Å²) in [6.07, 6.45) is 3.12. The maximum atomic E-state index is 10.6. The second-order valence-electron chi connectivity index (χ2n) is 4.43. The second kappa shape index (κ2) is 4.77. The summed E-state index contributed by atoms with van der Waals surface area (Å²) >= 11 is 0. The van der Waals surface area contributed by atoms with Gasteiger partial charge in [-0.3, -0.25) is 0 Å². The van der Waals surface area contributed by atoms with Crippen molar-refractivity contribution in [2.24, 2.45) is 0 Å². The highest BCUT2D eigenvalue weighted by Gasteiger charge is 2.50. The van der Waals surface area contributed by atoms with Crippen LogP contribution in [0.15, 0.2) is 0 Å². The van der Waals surface area contributed by atoms with Gasteiger partial charge in [-0.1, -0.05) is 38.9 Å². The molecular weight excluding hydrogens is 192 g/mol. The second-order valence-corrected chi connectivity index (χ2v) is 9.89. The summed E-state index contributed by atoms with van der Waals surface area (Å²) in [7, 11) is -1.61. The lowest BCUT2D eigenvalue weighted by Crippen LogP contribution is -2.60. The molecular formula is C11H24O2Si. The van der Waals surface area contributed by atoms with E-state index in [0.717, 1.165) is 44.0 Å². The molecule has 1 unspecified atom stereocenters. The Morgan fingerprint density at radius 1 is 1.14 bits per heavy atom. The summed E-state index contributed by atoms with van der Waals surface area (Å²) < 4.78 is 5.72. The van der Waals surface area contributed by atoms with Gasteiger partial charge in [0.1, 0.15) is 13.5 Å². The van der Waals surface area contributed by atoms with Crippen LogP contribution in [-0.4, -0.2) is 25.2 Å². The fourth-order valence-electron chi connectivity index (χ4n) is 2.78. The van der Waals surface area contributed by atoms with Crippen molar-refractivity contribution in [1.29, 1.82) is 0 Å². The van der Waals surface area contributed by atoms with Crippen LogP contribution in [0.3, 0.4) is 0 Å². The van der Waals surface area contributed by atoms with E-state index < -0.39 is 13.5 Å². The van der Waals surface area contributed by atoms with Gasteiger partial charge >= 0.3 is 0 Å². The smallest absolute Gasteiger partial charge is 0.148 e. The minimum absolute atomic E-state index is 0.719. The average molecular weight is 216 g/mol. The van der Waals surface area contributed by atoms with Gasteiger partial charge in [-0.15, -0.1) is 0 Å². The van der Waals surface area contributed by atoms with Gasteiger partial charge in [-0.25, -0.2) is 0 Å². The fraction of sp³-hybridized carbons (Fsp3) is 1.00. The molecule has 0 radical (unpaired) electrons. The number of hydrogen-bond acceptors (Lipinski definition) is 2. The minimum atomic E-state index is -1.61. The van der Waals surface area contributed by atoms with Crippen LogP contribution in [0.1, 0.15) is 40.0 Å². The van der Waals surface area contributed by atoms with Crippen molar-refractivity contribution >= 4 is 8.07 Å². The highest BCUT2D eigenvalue weighted by Crippen LogP contribution is 2.38. The Morgan fingerprint density at radius 3 is 2.07 bits per heavy atom. The first-order chi connectivity index (χ1) is 6.64. The molecule has 1 heterocycles. The quantitative estimate of drug-likeness (QED) is 0.732. The van der Waals surface area contributed by atoms with Gasteiger partial charge in [-0.2, -0.15) is 0 Å². The van der Waals surface area contributed by atoms with Crippen molar-refractivity contribution in [3.63, 3.8) is 0 Å². The molecule has 0 aromatic rings. The average Bonchev–Trinajstić information content (AvgIpc) is 2.22. The third kappa shape index (κ3) is 1.90. The van der Waals surface area contributed by atoms with E-state index in [9.17, 15) is 5.11 Å². The van der Waals surface area contributed by atoms with Crippen molar-refractivity contribution in [2.45, 2.75) is 63.6 Å². The van der Waals surface area contributed by atoms with Gasteiger partial charge in [0.25, 0.3) is 0 Å². The SMILES string of the molecule is CC[Si](CC)(CC)C1(O)CCCCO1. The highest BCUT2D eigenvalue weighted by atomic mass is 28.3. The molecule has 1 atom stereocenters. The minimum Gasteiger partial charge on any atom is -0.369 e.